The monoisotopic (exact) mass is 304 g/mol. The van der Waals surface area contributed by atoms with Crippen LogP contribution in [0.4, 0.5) is 4.79 Å². The molecule has 1 saturated carbocycles. The standard InChI is InChI=1S/C17H24N2O3/c1-2-21-15-5-3-4-6-16(15)22-14-9-11-19(12-10-14)17(20)18-13-7-8-13/h3-6,13-14H,2,7-12H2,1H3,(H,18,20). The van der Waals surface area contributed by atoms with Crippen LogP contribution in [0, 0.1) is 0 Å². The third-order valence-corrected chi connectivity index (χ3v) is 4.08. The van der Waals surface area contributed by atoms with Gasteiger partial charge in [-0.2, -0.15) is 0 Å². The number of benzene rings is 1. The number of carbonyl (C=O) groups excluding carboxylic acids is 1. The second kappa shape index (κ2) is 6.90. The van der Waals surface area contributed by atoms with Crippen LogP contribution in [0.15, 0.2) is 24.3 Å². The van der Waals surface area contributed by atoms with Crippen LogP contribution < -0.4 is 14.8 Å². The third kappa shape index (κ3) is 3.84. The van der Waals surface area contributed by atoms with E-state index in [2.05, 4.69) is 5.32 Å². The van der Waals surface area contributed by atoms with Crippen molar-refractivity contribution < 1.29 is 14.3 Å². The summed E-state index contributed by atoms with van der Waals surface area (Å²) in [6.45, 7) is 4.09. The van der Waals surface area contributed by atoms with Gasteiger partial charge in [-0.25, -0.2) is 4.79 Å². The highest BCUT2D eigenvalue weighted by molar-refractivity contribution is 5.74. The summed E-state index contributed by atoms with van der Waals surface area (Å²) >= 11 is 0. The van der Waals surface area contributed by atoms with Crippen LogP contribution in [0.3, 0.4) is 0 Å². The Balaban J connectivity index is 1.50. The van der Waals surface area contributed by atoms with Crippen LogP contribution in [0.2, 0.25) is 0 Å². The van der Waals surface area contributed by atoms with Crippen molar-refractivity contribution in [1.82, 2.24) is 10.2 Å². The van der Waals surface area contributed by atoms with Crippen molar-refractivity contribution in [3.8, 4) is 11.5 Å². The van der Waals surface area contributed by atoms with E-state index in [-0.39, 0.29) is 12.1 Å². The molecule has 0 atom stereocenters. The van der Waals surface area contributed by atoms with Gasteiger partial charge < -0.3 is 19.7 Å². The summed E-state index contributed by atoms with van der Waals surface area (Å²) in [6.07, 6.45) is 4.11. The van der Waals surface area contributed by atoms with Crippen LogP contribution in [0.25, 0.3) is 0 Å². The van der Waals surface area contributed by atoms with Crippen molar-refractivity contribution in [1.29, 1.82) is 0 Å². The fourth-order valence-corrected chi connectivity index (χ4v) is 2.67. The Labute approximate surface area is 131 Å². The zero-order valence-electron chi connectivity index (χ0n) is 13.1. The predicted octanol–water partition coefficient (Wildman–Crippen LogP) is 2.80. The first-order valence-electron chi connectivity index (χ1n) is 8.20. The highest BCUT2D eigenvalue weighted by Crippen LogP contribution is 2.29. The molecule has 2 amide bonds. The molecule has 1 aliphatic carbocycles. The van der Waals surface area contributed by atoms with Crippen molar-refractivity contribution in [2.45, 2.75) is 44.8 Å². The highest BCUT2D eigenvalue weighted by atomic mass is 16.5. The van der Waals surface area contributed by atoms with Crippen LogP contribution in [0.5, 0.6) is 11.5 Å². The average molecular weight is 304 g/mol. The zero-order chi connectivity index (χ0) is 15.4. The van der Waals surface area contributed by atoms with E-state index in [1.807, 2.05) is 36.1 Å². The van der Waals surface area contributed by atoms with Gasteiger partial charge in [-0.1, -0.05) is 12.1 Å². The molecule has 2 aliphatic rings. The number of nitrogens with one attached hydrogen (secondary N) is 1. The summed E-state index contributed by atoms with van der Waals surface area (Å²) in [5.41, 5.74) is 0. The van der Waals surface area contributed by atoms with Crippen LogP contribution >= 0.6 is 0 Å². The van der Waals surface area contributed by atoms with Gasteiger partial charge in [0.15, 0.2) is 11.5 Å². The Kier molecular flexibility index (Phi) is 4.71. The van der Waals surface area contributed by atoms with E-state index in [0.717, 1.165) is 50.3 Å². The first-order valence-corrected chi connectivity index (χ1v) is 8.20. The van der Waals surface area contributed by atoms with E-state index >= 15 is 0 Å². The van der Waals surface area contributed by atoms with E-state index in [0.29, 0.717) is 12.6 Å². The Morgan fingerprint density at radius 1 is 1.18 bits per heavy atom. The molecule has 2 fully saturated rings. The lowest BCUT2D eigenvalue weighted by atomic mass is 10.1. The Morgan fingerprint density at radius 2 is 1.86 bits per heavy atom. The van der Waals surface area contributed by atoms with Gasteiger partial charge in [-0.15, -0.1) is 0 Å². The molecule has 1 aromatic rings. The SMILES string of the molecule is CCOc1ccccc1OC1CCN(C(=O)NC2CC2)CC1. The predicted molar refractivity (Wildman–Crippen MR) is 84.4 cm³/mol. The summed E-state index contributed by atoms with van der Waals surface area (Å²) in [5, 5.41) is 3.04. The van der Waals surface area contributed by atoms with Gasteiger partial charge in [0.25, 0.3) is 0 Å². The lowest BCUT2D eigenvalue weighted by Gasteiger charge is -2.32. The molecule has 22 heavy (non-hydrogen) atoms. The topological polar surface area (TPSA) is 50.8 Å². The minimum atomic E-state index is 0.0793. The maximum atomic E-state index is 12.0. The number of nitrogens with zero attached hydrogens (tertiary/aromatic N) is 1. The Hall–Kier alpha value is -1.91. The van der Waals surface area contributed by atoms with E-state index in [9.17, 15) is 4.79 Å². The molecular weight excluding hydrogens is 280 g/mol. The summed E-state index contributed by atoms with van der Waals surface area (Å²) in [6, 6.07) is 8.27. The molecule has 0 radical (unpaired) electrons. The molecular formula is C17H24N2O3. The number of hydrogen-bond acceptors (Lipinski definition) is 3. The quantitative estimate of drug-likeness (QED) is 0.910. The number of carbonyl (C=O) groups is 1. The smallest absolute Gasteiger partial charge is 0.317 e. The van der Waals surface area contributed by atoms with Gasteiger partial charge in [0.05, 0.1) is 6.61 Å². The van der Waals surface area contributed by atoms with E-state index < -0.39 is 0 Å². The number of likely N-dealkylation sites (tertiary alicyclic amines) is 1. The highest BCUT2D eigenvalue weighted by Gasteiger charge is 2.29. The number of para-hydroxylation sites is 2. The molecule has 120 valence electrons. The third-order valence-electron chi connectivity index (χ3n) is 4.08. The molecule has 1 aliphatic heterocycles. The van der Waals surface area contributed by atoms with Gasteiger partial charge in [0.2, 0.25) is 0 Å². The average Bonchev–Trinajstić information content (AvgIpc) is 3.34. The zero-order valence-corrected chi connectivity index (χ0v) is 13.1. The summed E-state index contributed by atoms with van der Waals surface area (Å²) < 4.78 is 11.7. The van der Waals surface area contributed by atoms with Crippen LogP contribution in [0.1, 0.15) is 32.6 Å². The Bertz CT molecular complexity index is 508. The van der Waals surface area contributed by atoms with Crippen LogP contribution in [-0.4, -0.2) is 42.8 Å². The number of hydrogen-bond donors (Lipinski definition) is 1. The second-order valence-electron chi connectivity index (χ2n) is 5.91. The van der Waals surface area contributed by atoms with Gasteiger partial charge in [0, 0.05) is 32.0 Å². The number of rotatable bonds is 5. The maximum absolute atomic E-state index is 12.0. The first kappa shape index (κ1) is 15.0. The molecule has 3 rings (SSSR count). The number of ether oxygens (including phenoxy) is 2. The van der Waals surface area contributed by atoms with Crippen molar-refractivity contribution in [3.05, 3.63) is 24.3 Å². The molecule has 5 heteroatoms. The maximum Gasteiger partial charge on any atom is 0.317 e. The largest absolute Gasteiger partial charge is 0.490 e. The number of amides is 2. The van der Waals surface area contributed by atoms with Gasteiger partial charge in [-0.3, -0.25) is 0 Å². The summed E-state index contributed by atoms with van der Waals surface area (Å²) in [4.78, 5) is 13.9. The summed E-state index contributed by atoms with van der Waals surface area (Å²) in [7, 11) is 0. The van der Waals surface area contributed by atoms with Crippen molar-refractivity contribution in [3.63, 3.8) is 0 Å². The molecule has 1 aromatic carbocycles. The molecule has 1 heterocycles. The molecule has 1 N–H and O–H groups in total. The molecule has 0 spiro atoms. The van der Waals surface area contributed by atoms with Crippen molar-refractivity contribution in [2.24, 2.45) is 0 Å². The lowest BCUT2D eigenvalue weighted by Crippen LogP contribution is -2.47. The van der Waals surface area contributed by atoms with Gasteiger partial charge in [-0.05, 0) is 31.9 Å². The van der Waals surface area contributed by atoms with Crippen molar-refractivity contribution >= 4 is 6.03 Å². The first-order chi connectivity index (χ1) is 10.8. The Morgan fingerprint density at radius 3 is 2.50 bits per heavy atom. The van der Waals surface area contributed by atoms with Crippen molar-refractivity contribution in [2.75, 3.05) is 19.7 Å². The lowest BCUT2D eigenvalue weighted by molar-refractivity contribution is 0.107. The molecule has 5 nitrogen and oxygen atoms in total. The fourth-order valence-electron chi connectivity index (χ4n) is 2.67. The van der Waals surface area contributed by atoms with Gasteiger partial charge in [0.1, 0.15) is 6.10 Å². The number of piperidine rings is 1. The minimum Gasteiger partial charge on any atom is -0.490 e. The molecule has 0 bridgehead atoms. The minimum absolute atomic E-state index is 0.0793. The molecule has 0 aromatic heterocycles. The molecule has 0 unspecified atom stereocenters. The van der Waals surface area contributed by atoms with Crippen LogP contribution in [-0.2, 0) is 0 Å². The van der Waals surface area contributed by atoms with E-state index in [1.165, 1.54) is 0 Å². The summed E-state index contributed by atoms with van der Waals surface area (Å²) in [5.74, 6) is 1.59. The normalized spacial score (nSPS) is 18.9. The van der Waals surface area contributed by atoms with Gasteiger partial charge >= 0.3 is 6.03 Å². The van der Waals surface area contributed by atoms with E-state index in [4.69, 9.17) is 9.47 Å². The fraction of sp³-hybridized carbons (Fsp3) is 0.588. The molecule has 1 saturated heterocycles. The number of urea groups is 1. The van der Waals surface area contributed by atoms with E-state index in [1.54, 1.807) is 0 Å². The second-order valence-corrected chi connectivity index (χ2v) is 5.91.